The SMILES string of the molecule is [2H]c1c([2H])c([2H])c2c(C(=O)OC3([2H])CC4CC[C@H](C3)N4C)c[nH]c2c1[2H]. The lowest BCUT2D eigenvalue weighted by atomic mass is 10.0. The summed E-state index contributed by atoms with van der Waals surface area (Å²) in [5.74, 6) is -0.722. The molecule has 2 aliphatic rings. The van der Waals surface area contributed by atoms with E-state index in [0.717, 1.165) is 12.8 Å². The lowest BCUT2D eigenvalue weighted by Crippen LogP contribution is -2.43. The van der Waals surface area contributed by atoms with Gasteiger partial charge in [0, 0.05) is 42.0 Å². The molecule has 4 nitrogen and oxygen atoms in total. The smallest absolute Gasteiger partial charge is 0.340 e. The first-order chi connectivity index (χ1) is 12.2. The van der Waals surface area contributed by atoms with E-state index >= 15 is 0 Å². The number of piperidine rings is 1. The van der Waals surface area contributed by atoms with Crippen LogP contribution >= 0.6 is 0 Å². The topological polar surface area (TPSA) is 45.3 Å². The number of nitrogens with one attached hydrogen (secondary N) is 1. The zero-order valence-electron chi connectivity index (χ0n) is 16.8. The molecule has 2 saturated heterocycles. The van der Waals surface area contributed by atoms with Crippen LogP contribution in [-0.4, -0.2) is 41.1 Å². The van der Waals surface area contributed by atoms with Gasteiger partial charge in [0.1, 0.15) is 6.08 Å². The van der Waals surface area contributed by atoms with Crippen LogP contribution in [0.2, 0.25) is 0 Å². The summed E-state index contributed by atoms with van der Waals surface area (Å²) in [7, 11) is 2.04. The van der Waals surface area contributed by atoms with E-state index in [9.17, 15) is 4.79 Å². The van der Waals surface area contributed by atoms with Gasteiger partial charge in [-0.15, -0.1) is 0 Å². The van der Waals surface area contributed by atoms with Gasteiger partial charge in [0.2, 0.25) is 0 Å². The van der Waals surface area contributed by atoms with Crippen molar-refractivity contribution < 1.29 is 16.4 Å². The van der Waals surface area contributed by atoms with E-state index in [4.69, 9.17) is 11.6 Å². The van der Waals surface area contributed by atoms with Gasteiger partial charge in [-0.3, -0.25) is 0 Å². The molecule has 0 radical (unpaired) electrons. The number of aromatic nitrogens is 1. The van der Waals surface area contributed by atoms with Crippen LogP contribution in [0.5, 0.6) is 0 Å². The van der Waals surface area contributed by atoms with E-state index in [1.54, 1.807) is 0 Å². The predicted molar refractivity (Wildman–Crippen MR) is 81.3 cm³/mol. The van der Waals surface area contributed by atoms with E-state index < -0.39 is 18.1 Å². The molecule has 3 heterocycles. The molecule has 1 aromatic heterocycles. The van der Waals surface area contributed by atoms with Crippen LogP contribution in [0.3, 0.4) is 0 Å². The molecule has 0 saturated carbocycles. The van der Waals surface area contributed by atoms with Gasteiger partial charge in [-0.1, -0.05) is 18.1 Å². The minimum absolute atomic E-state index is 0.0462. The third-order valence-electron chi connectivity index (χ3n) is 4.69. The number of para-hydroxylation sites is 1. The molecule has 2 aliphatic heterocycles. The van der Waals surface area contributed by atoms with Crippen molar-refractivity contribution in [3.05, 3.63) is 35.9 Å². The van der Waals surface area contributed by atoms with Crippen LogP contribution in [0.25, 0.3) is 10.9 Å². The van der Waals surface area contributed by atoms with Crippen molar-refractivity contribution in [1.82, 2.24) is 9.88 Å². The third kappa shape index (κ3) is 2.14. The number of nitrogens with zero attached hydrogens (tertiary/aromatic N) is 1. The molecule has 3 atom stereocenters. The lowest BCUT2D eigenvalue weighted by Gasteiger charge is -2.35. The zero-order chi connectivity index (χ0) is 18.8. The highest BCUT2D eigenvalue weighted by Crippen LogP contribution is 2.35. The largest absolute Gasteiger partial charge is 0.459 e. The molecule has 0 aliphatic carbocycles. The highest BCUT2D eigenvalue weighted by molar-refractivity contribution is 6.04. The van der Waals surface area contributed by atoms with Crippen molar-refractivity contribution in [2.45, 2.75) is 43.8 Å². The average molecular weight is 289 g/mol. The summed E-state index contributed by atoms with van der Waals surface area (Å²) in [6.45, 7) is 0. The standard InChI is InChI=1S/C17H20N2O2/c1-19-11-6-7-12(19)9-13(8-11)21-17(20)15-10-18-16-5-3-2-4-14(15)16/h2-5,10-13,18H,6-9H2,1H3/t11-,12?,13?/m1/s1/i2D,3D,4D,5D,13D. The maximum atomic E-state index is 12.7. The summed E-state index contributed by atoms with van der Waals surface area (Å²) in [4.78, 5) is 17.7. The quantitative estimate of drug-likeness (QED) is 0.865. The second kappa shape index (κ2) is 4.88. The van der Waals surface area contributed by atoms with Crippen molar-refractivity contribution >= 4 is 16.9 Å². The van der Waals surface area contributed by atoms with Crippen LogP contribution in [0.15, 0.2) is 30.4 Å². The molecular weight excluding hydrogens is 264 g/mol. The molecule has 2 aromatic rings. The number of hydrogen-bond acceptors (Lipinski definition) is 3. The van der Waals surface area contributed by atoms with Crippen molar-refractivity contribution in [3.63, 3.8) is 0 Å². The first-order valence-electron chi connectivity index (χ1n) is 9.74. The van der Waals surface area contributed by atoms with Crippen LogP contribution in [0.4, 0.5) is 0 Å². The Hall–Kier alpha value is -1.81. The molecular formula is C17H20N2O2. The monoisotopic (exact) mass is 289 g/mol. The van der Waals surface area contributed by atoms with Crippen LogP contribution in [0.1, 0.15) is 42.9 Å². The summed E-state index contributed by atoms with van der Waals surface area (Å²) in [6, 6.07) is -0.782. The van der Waals surface area contributed by atoms with Gasteiger partial charge in [0.15, 0.2) is 0 Å². The number of H-pyrrole nitrogens is 1. The van der Waals surface area contributed by atoms with E-state index in [2.05, 4.69) is 9.88 Å². The Labute approximate surface area is 131 Å². The molecule has 1 N–H and O–H groups in total. The number of carbonyl (C=O) groups is 1. The third-order valence-corrected chi connectivity index (χ3v) is 4.69. The molecule has 2 unspecified atom stereocenters. The second-order valence-electron chi connectivity index (χ2n) is 5.84. The molecule has 21 heavy (non-hydrogen) atoms. The summed E-state index contributed by atoms with van der Waals surface area (Å²) < 4.78 is 45.7. The molecule has 2 fully saturated rings. The minimum atomic E-state index is -1.30. The first-order valence-corrected chi connectivity index (χ1v) is 7.24. The predicted octanol–water partition coefficient (Wildman–Crippen LogP) is 2.95. The Morgan fingerprint density at radius 1 is 1.38 bits per heavy atom. The number of benzene rings is 1. The molecule has 110 valence electrons. The van der Waals surface area contributed by atoms with E-state index in [1.807, 2.05) is 7.05 Å². The maximum absolute atomic E-state index is 12.7. The van der Waals surface area contributed by atoms with Crippen LogP contribution in [0, 0.1) is 0 Å². The molecule has 4 rings (SSSR count). The first kappa shape index (κ1) is 8.59. The van der Waals surface area contributed by atoms with Crippen molar-refractivity contribution in [2.24, 2.45) is 0 Å². The fraction of sp³-hybridized carbons (Fsp3) is 0.471. The number of rotatable bonds is 2. The molecule has 0 spiro atoms. The highest BCUT2D eigenvalue weighted by Gasteiger charge is 2.40. The summed E-state index contributed by atoms with van der Waals surface area (Å²) in [5.41, 5.74) is 0.218. The molecule has 1 aromatic carbocycles. The average Bonchev–Trinajstić information content (AvgIpc) is 3.11. The fourth-order valence-corrected chi connectivity index (χ4v) is 3.46. The van der Waals surface area contributed by atoms with Crippen molar-refractivity contribution in [2.75, 3.05) is 7.05 Å². The fourth-order valence-electron chi connectivity index (χ4n) is 3.46. The lowest BCUT2D eigenvalue weighted by molar-refractivity contribution is -0.000258. The summed E-state index contributed by atoms with van der Waals surface area (Å²) in [6.07, 6.45) is 2.94. The van der Waals surface area contributed by atoms with E-state index in [1.165, 1.54) is 6.20 Å². The number of hydrogen-bond donors (Lipinski definition) is 1. The Morgan fingerprint density at radius 2 is 2.10 bits per heavy atom. The van der Waals surface area contributed by atoms with Gasteiger partial charge < -0.3 is 14.6 Å². The normalized spacial score (nSPS) is 35.8. The second-order valence-corrected chi connectivity index (χ2v) is 5.84. The molecule has 4 heteroatoms. The van der Waals surface area contributed by atoms with Gasteiger partial charge in [-0.05, 0) is 25.9 Å². The Balaban J connectivity index is 1.67. The van der Waals surface area contributed by atoms with E-state index in [-0.39, 0.29) is 46.7 Å². The Morgan fingerprint density at radius 3 is 2.86 bits per heavy atom. The van der Waals surface area contributed by atoms with Crippen LogP contribution in [-0.2, 0) is 4.74 Å². The Kier molecular flexibility index (Phi) is 2.00. The van der Waals surface area contributed by atoms with E-state index in [0.29, 0.717) is 12.8 Å². The van der Waals surface area contributed by atoms with Crippen molar-refractivity contribution in [3.8, 4) is 0 Å². The number of ether oxygens (including phenoxy) is 1. The van der Waals surface area contributed by atoms with Gasteiger partial charge in [-0.2, -0.15) is 0 Å². The maximum Gasteiger partial charge on any atom is 0.340 e. The van der Waals surface area contributed by atoms with Crippen LogP contribution < -0.4 is 0 Å². The Bertz CT molecular complexity index is 898. The number of esters is 1. The number of aromatic amines is 1. The zero-order valence-corrected chi connectivity index (χ0v) is 11.8. The minimum Gasteiger partial charge on any atom is -0.459 e. The van der Waals surface area contributed by atoms with Crippen molar-refractivity contribution in [1.29, 1.82) is 0 Å². The highest BCUT2D eigenvalue weighted by atomic mass is 16.5. The van der Waals surface area contributed by atoms with Gasteiger partial charge in [0.25, 0.3) is 0 Å². The molecule has 2 bridgehead atoms. The number of fused-ring (bicyclic) bond motifs is 3. The summed E-state index contributed by atoms with van der Waals surface area (Å²) >= 11 is 0. The number of carbonyl (C=O) groups excluding carboxylic acids is 1. The van der Waals surface area contributed by atoms with Gasteiger partial charge in [-0.25, -0.2) is 4.79 Å². The van der Waals surface area contributed by atoms with Gasteiger partial charge >= 0.3 is 5.97 Å². The molecule has 0 amide bonds. The van der Waals surface area contributed by atoms with Gasteiger partial charge in [0.05, 0.1) is 12.4 Å². The summed E-state index contributed by atoms with van der Waals surface area (Å²) in [5, 5.41) is 0.112.